The van der Waals surface area contributed by atoms with Gasteiger partial charge >= 0.3 is 0 Å². The Balaban J connectivity index is 2.32. The maximum atomic E-state index is 12.0. The van der Waals surface area contributed by atoms with E-state index in [0.717, 1.165) is 0 Å². The zero-order valence-corrected chi connectivity index (χ0v) is 9.16. The van der Waals surface area contributed by atoms with Crippen LogP contribution in [0.5, 0.6) is 0 Å². The monoisotopic (exact) mass is 231 g/mol. The van der Waals surface area contributed by atoms with E-state index in [1.165, 1.54) is 10.5 Å². The summed E-state index contributed by atoms with van der Waals surface area (Å²) in [6.45, 7) is 2.20. The molecule has 2 rings (SSSR count). The molecule has 2 heterocycles. The number of nitrogens with zero attached hydrogens (tertiary/aromatic N) is 2. The number of β-amino-alcohol motifs (C(OH)–C–C–N with tert-alkyl or cyclic N) is 1. The van der Waals surface area contributed by atoms with Gasteiger partial charge in [-0.3, -0.25) is 5.10 Å². The molecule has 0 aromatic carbocycles. The van der Waals surface area contributed by atoms with Crippen molar-refractivity contribution >= 4 is 10.0 Å². The zero-order valence-electron chi connectivity index (χ0n) is 8.34. The molecule has 0 saturated carbocycles. The Hall–Kier alpha value is -0.920. The number of H-pyrrole nitrogens is 1. The minimum Gasteiger partial charge on any atom is -0.392 e. The second kappa shape index (κ2) is 3.58. The molecular weight excluding hydrogens is 218 g/mol. The third-order valence-corrected chi connectivity index (χ3v) is 4.51. The molecule has 0 aliphatic carbocycles. The number of rotatable bonds is 2. The molecule has 84 valence electrons. The Labute approximate surface area is 88.0 Å². The summed E-state index contributed by atoms with van der Waals surface area (Å²) < 4.78 is 25.3. The van der Waals surface area contributed by atoms with Crippen LogP contribution < -0.4 is 0 Å². The number of nitrogens with one attached hydrogen (secondary N) is 1. The molecule has 0 bridgehead atoms. The quantitative estimate of drug-likeness (QED) is 0.716. The molecule has 1 aromatic rings. The van der Waals surface area contributed by atoms with Gasteiger partial charge in [-0.2, -0.15) is 9.40 Å². The number of aliphatic hydroxyl groups is 1. The molecule has 1 atom stereocenters. The van der Waals surface area contributed by atoms with Gasteiger partial charge in [-0.1, -0.05) is 0 Å². The number of aliphatic hydroxyl groups excluding tert-OH is 1. The van der Waals surface area contributed by atoms with Crippen LogP contribution in [0.2, 0.25) is 0 Å². The molecule has 0 amide bonds. The lowest BCUT2D eigenvalue weighted by molar-refractivity contribution is 0.189. The van der Waals surface area contributed by atoms with E-state index < -0.39 is 16.1 Å². The third-order valence-electron chi connectivity index (χ3n) is 2.53. The number of aromatic amines is 1. The fourth-order valence-corrected chi connectivity index (χ4v) is 3.28. The molecule has 1 fully saturated rings. The maximum Gasteiger partial charge on any atom is 0.246 e. The molecule has 0 spiro atoms. The Morgan fingerprint density at radius 3 is 2.87 bits per heavy atom. The Morgan fingerprint density at radius 1 is 1.67 bits per heavy atom. The largest absolute Gasteiger partial charge is 0.392 e. The summed E-state index contributed by atoms with van der Waals surface area (Å²) in [4.78, 5) is 0.191. The van der Waals surface area contributed by atoms with Crippen molar-refractivity contribution in [3.05, 3.63) is 11.9 Å². The van der Waals surface area contributed by atoms with Crippen LogP contribution in [0, 0.1) is 6.92 Å². The van der Waals surface area contributed by atoms with Gasteiger partial charge < -0.3 is 5.11 Å². The van der Waals surface area contributed by atoms with Crippen LogP contribution in [0.3, 0.4) is 0 Å². The summed E-state index contributed by atoms with van der Waals surface area (Å²) in [5.41, 5.74) is 0.524. The smallest absolute Gasteiger partial charge is 0.246 e. The third kappa shape index (κ3) is 1.77. The molecule has 1 saturated heterocycles. The fraction of sp³-hybridized carbons (Fsp3) is 0.625. The Kier molecular flexibility index (Phi) is 2.53. The van der Waals surface area contributed by atoms with Crippen LogP contribution in [0.25, 0.3) is 0 Å². The molecule has 1 aromatic heterocycles. The van der Waals surface area contributed by atoms with E-state index in [1.807, 2.05) is 0 Å². The van der Waals surface area contributed by atoms with Crippen LogP contribution in [0.4, 0.5) is 0 Å². The van der Waals surface area contributed by atoms with Crippen LogP contribution in [0.15, 0.2) is 11.1 Å². The SMILES string of the molecule is Cc1[nH]ncc1S(=O)(=O)N1CC[C@H](O)C1. The lowest BCUT2D eigenvalue weighted by Crippen LogP contribution is -2.29. The number of aromatic nitrogens is 2. The van der Waals surface area contributed by atoms with Crippen LogP contribution in [-0.2, 0) is 10.0 Å². The van der Waals surface area contributed by atoms with E-state index in [9.17, 15) is 13.5 Å². The van der Waals surface area contributed by atoms with Gasteiger partial charge in [-0.25, -0.2) is 8.42 Å². The highest BCUT2D eigenvalue weighted by Gasteiger charge is 2.33. The van der Waals surface area contributed by atoms with E-state index in [0.29, 0.717) is 18.7 Å². The van der Waals surface area contributed by atoms with E-state index in [4.69, 9.17) is 0 Å². The van der Waals surface area contributed by atoms with Gasteiger partial charge in [0.1, 0.15) is 4.90 Å². The summed E-state index contributed by atoms with van der Waals surface area (Å²) in [6.07, 6.45) is 1.25. The normalized spacial score (nSPS) is 23.5. The maximum absolute atomic E-state index is 12.0. The van der Waals surface area contributed by atoms with Crippen molar-refractivity contribution in [2.45, 2.75) is 24.3 Å². The molecular formula is C8H13N3O3S. The van der Waals surface area contributed by atoms with Crippen molar-refractivity contribution in [3.63, 3.8) is 0 Å². The second-order valence-corrected chi connectivity index (χ2v) is 5.57. The van der Waals surface area contributed by atoms with E-state index >= 15 is 0 Å². The fourth-order valence-electron chi connectivity index (χ4n) is 1.67. The average molecular weight is 231 g/mol. The Morgan fingerprint density at radius 2 is 2.40 bits per heavy atom. The van der Waals surface area contributed by atoms with Crippen LogP contribution in [-0.4, -0.2) is 47.2 Å². The minimum atomic E-state index is -3.48. The molecule has 0 unspecified atom stereocenters. The van der Waals surface area contributed by atoms with Crippen molar-refractivity contribution in [2.24, 2.45) is 0 Å². The highest BCUT2D eigenvalue weighted by Crippen LogP contribution is 2.21. The summed E-state index contributed by atoms with van der Waals surface area (Å²) >= 11 is 0. The Bertz CT molecular complexity index is 453. The van der Waals surface area contributed by atoms with Gasteiger partial charge in [0, 0.05) is 13.1 Å². The highest BCUT2D eigenvalue weighted by molar-refractivity contribution is 7.89. The average Bonchev–Trinajstić information content (AvgIpc) is 2.74. The summed E-state index contributed by atoms with van der Waals surface area (Å²) in [5.74, 6) is 0. The first kappa shape index (κ1) is 10.6. The topological polar surface area (TPSA) is 86.3 Å². The number of hydrogen-bond donors (Lipinski definition) is 2. The zero-order chi connectivity index (χ0) is 11.1. The molecule has 15 heavy (non-hydrogen) atoms. The molecule has 0 radical (unpaired) electrons. The van der Waals surface area contributed by atoms with E-state index in [2.05, 4.69) is 10.2 Å². The minimum absolute atomic E-state index is 0.174. The van der Waals surface area contributed by atoms with Gasteiger partial charge in [0.15, 0.2) is 0 Å². The molecule has 6 nitrogen and oxygen atoms in total. The predicted molar refractivity (Wildman–Crippen MR) is 52.7 cm³/mol. The predicted octanol–water partition coefficient (Wildman–Crippen LogP) is -0.527. The first-order valence-electron chi connectivity index (χ1n) is 4.70. The van der Waals surface area contributed by atoms with Gasteiger partial charge in [-0.05, 0) is 13.3 Å². The van der Waals surface area contributed by atoms with Crippen molar-refractivity contribution in [3.8, 4) is 0 Å². The van der Waals surface area contributed by atoms with Crippen LogP contribution >= 0.6 is 0 Å². The van der Waals surface area contributed by atoms with Gasteiger partial charge in [-0.15, -0.1) is 0 Å². The van der Waals surface area contributed by atoms with Crippen LogP contribution in [0.1, 0.15) is 12.1 Å². The number of aryl methyl sites for hydroxylation is 1. The lowest BCUT2D eigenvalue weighted by Gasteiger charge is -2.14. The molecule has 2 N–H and O–H groups in total. The molecule has 7 heteroatoms. The van der Waals surface area contributed by atoms with E-state index in [-0.39, 0.29) is 11.4 Å². The lowest BCUT2D eigenvalue weighted by atomic mass is 10.3. The highest BCUT2D eigenvalue weighted by atomic mass is 32.2. The van der Waals surface area contributed by atoms with Gasteiger partial charge in [0.05, 0.1) is 18.0 Å². The first-order valence-corrected chi connectivity index (χ1v) is 6.14. The summed E-state index contributed by atoms with van der Waals surface area (Å²) in [6, 6.07) is 0. The van der Waals surface area contributed by atoms with Crippen molar-refractivity contribution in [2.75, 3.05) is 13.1 Å². The standard InChI is InChI=1S/C8H13N3O3S/c1-6-8(4-9-10-6)15(13,14)11-3-2-7(12)5-11/h4,7,12H,2-3,5H2,1H3,(H,9,10)/t7-/m0/s1. The van der Waals surface area contributed by atoms with Gasteiger partial charge in [0.25, 0.3) is 0 Å². The van der Waals surface area contributed by atoms with Gasteiger partial charge in [0.2, 0.25) is 10.0 Å². The van der Waals surface area contributed by atoms with Crippen molar-refractivity contribution in [1.82, 2.24) is 14.5 Å². The van der Waals surface area contributed by atoms with Crippen molar-refractivity contribution < 1.29 is 13.5 Å². The molecule has 1 aliphatic rings. The summed E-state index contributed by atoms with van der Waals surface area (Å²) in [7, 11) is -3.48. The first-order chi connectivity index (χ1) is 7.01. The van der Waals surface area contributed by atoms with Crippen molar-refractivity contribution in [1.29, 1.82) is 0 Å². The summed E-state index contributed by atoms with van der Waals surface area (Å²) in [5, 5.41) is 15.6. The number of hydrogen-bond acceptors (Lipinski definition) is 4. The number of sulfonamides is 1. The van der Waals surface area contributed by atoms with E-state index in [1.54, 1.807) is 6.92 Å². The molecule has 1 aliphatic heterocycles. The second-order valence-electron chi connectivity index (χ2n) is 3.66.